The van der Waals surface area contributed by atoms with Crippen LogP contribution in [0.2, 0.25) is 5.02 Å². The number of hydrogen-bond donors (Lipinski definition) is 1. The number of benzene rings is 1. The SMILES string of the molecule is Cc1noc(C)c1C(C)NCc1ccc(Cl)cc1Br. The van der Waals surface area contributed by atoms with Crippen LogP contribution in [-0.2, 0) is 6.54 Å². The van der Waals surface area contributed by atoms with Gasteiger partial charge in [-0.05, 0) is 38.5 Å². The number of aromatic nitrogens is 1. The molecule has 1 atom stereocenters. The monoisotopic (exact) mass is 342 g/mol. The first-order valence-electron chi connectivity index (χ1n) is 6.09. The molecule has 0 radical (unpaired) electrons. The normalized spacial score (nSPS) is 12.7. The maximum absolute atomic E-state index is 5.93. The van der Waals surface area contributed by atoms with Crippen molar-refractivity contribution in [2.75, 3.05) is 0 Å². The van der Waals surface area contributed by atoms with Gasteiger partial charge in [0.15, 0.2) is 0 Å². The molecule has 1 heterocycles. The minimum absolute atomic E-state index is 0.189. The molecular formula is C14H16BrClN2O. The van der Waals surface area contributed by atoms with E-state index in [1.807, 2.05) is 32.0 Å². The molecule has 2 aromatic rings. The molecule has 0 aliphatic heterocycles. The van der Waals surface area contributed by atoms with Crippen molar-refractivity contribution >= 4 is 27.5 Å². The van der Waals surface area contributed by atoms with Crippen LogP contribution in [0.15, 0.2) is 27.2 Å². The number of nitrogens with one attached hydrogen (secondary N) is 1. The van der Waals surface area contributed by atoms with Gasteiger partial charge in [0.1, 0.15) is 5.76 Å². The Labute approximate surface area is 126 Å². The molecule has 102 valence electrons. The van der Waals surface area contributed by atoms with Gasteiger partial charge in [-0.25, -0.2) is 0 Å². The molecule has 1 aromatic heterocycles. The Kier molecular flexibility index (Phi) is 4.66. The van der Waals surface area contributed by atoms with E-state index in [2.05, 4.69) is 33.3 Å². The topological polar surface area (TPSA) is 38.1 Å². The quantitative estimate of drug-likeness (QED) is 0.884. The first-order chi connectivity index (χ1) is 8.99. The molecule has 0 amide bonds. The fourth-order valence-electron chi connectivity index (χ4n) is 2.14. The summed E-state index contributed by atoms with van der Waals surface area (Å²) in [6.45, 7) is 6.76. The van der Waals surface area contributed by atoms with Crippen LogP contribution in [0.1, 0.15) is 35.5 Å². The highest BCUT2D eigenvalue weighted by Crippen LogP contribution is 2.24. The van der Waals surface area contributed by atoms with Crippen molar-refractivity contribution in [3.05, 3.63) is 50.3 Å². The average Bonchev–Trinajstić information content (AvgIpc) is 2.68. The van der Waals surface area contributed by atoms with E-state index in [4.69, 9.17) is 16.1 Å². The Morgan fingerprint density at radius 2 is 2.16 bits per heavy atom. The van der Waals surface area contributed by atoms with Crippen molar-refractivity contribution in [2.45, 2.75) is 33.4 Å². The van der Waals surface area contributed by atoms with E-state index in [9.17, 15) is 0 Å². The fraction of sp³-hybridized carbons (Fsp3) is 0.357. The van der Waals surface area contributed by atoms with Crippen molar-refractivity contribution in [3.8, 4) is 0 Å². The third kappa shape index (κ3) is 3.38. The molecule has 0 spiro atoms. The zero-order chi connectivity index (χ0) is 14.0. The maximum Gasteiger partial charge on any atom is 0.138 e. The highest BCUT2D eigenvalue weighted by atomic mass is 79.9. The van der Waals surface area contributed by atoms with Crippen molar-refractivity contribution in [3.63, 3.8) is 0 Å². The molecule has 1 aromatic carbocycles. The number of halogens is 2. The predicted octanol–water partition coefficient (Wildman–Crippen LogP) is 4.56. The Morgan fingerprint density at radius 1 is 1.42 bits per heavy atom. The summed E-state index contributed by atoms with van der Waals surface area (Å²) in [7, 11) is 0. The molecule has 19 heavy (non-hydrogen) atoms. The number of nitrogens with zero attached hydrogens (tertiary/aromatic N) is 1. The van der Waals surface area contributed by atoms with E-state index in [0.717, 1.165) is 33.1 Å². The summed E-state index contributed by atoms with van der Waals surface area (Å²) in [6, 6.07) is 6.00. The smallest absolute Gasteiger partial charge is 0.138 e. The zero-order valence-corrected chi connectivity index (χ0v) is 13.5. The lowest BCUT2D eigenvalue weighted by atomic mass is 10.1. The Balaban J connectivity index is 2.06. The summed E-state index contributed by atoms with van der Waals surface area (Å²) in [5.41, 5.74) is 3.24. The van der Waals surface area contributed by atoms with Crippen molar-refractivity contribution in [2.24, 2.45) is 0 Å². The van der Waals surface area contributed by atoms with Gasteiger partial charge in [0.25, 0.3) is 0 Å². The minimum atomic E-state index is 0.189. The summed E-state index contributed by atoms with van der Waals surface area (Å²) < 4.78 is 6.20. The summed E-state index contributed by atoms with van der Waals surface area (Å²) in [4.78, 5) is 0. The first-order valence-corrected chi connectivity index (χ1v) is 7.26. The van der Waals surface area contributed by atoms with E-state index < -0.39 is 0 Å². The molecular weight excluding hydrogens is 328 g/mol. The van der Waals surface area contributed by atoms with Gasteiger partial charge in [-0.1, -0.05) is 38.8 Å². The Bertz CT molecular complexity index is 563. The van der Waals surface area contributed by atoms with Crippen molar-refractivity contribution in [1.82, 2.24) is 10.5 Å². The average molecular weight is 344 g/mol. The van der Waals surface area contributed by atoms with Crippen LogP contribution in [0.5, 0.6) is 0 Å². The number of hydrogen-bond acceptors (Lipinski definition) is 3. The Hall–Kier alpha value is -0.840. The van der Waals surface area contributed by atoms with Gasteiger partial charge < -0.3 is 9.84 Å². The van der Waals surface area contributed by atoms with Gasteiger partial charge >= 0.3 is 0 Å². The van der Waals surface area contributed by atoms with Gasteiger partial charge in [-0.2, -0.15) is 0 Å². The zero-order valence-electron chi connectivity index (χ0n) is 11.1. The van der Waals surface area contributed by atoms with Gasteiger partial charge in [0.2, 0.25) is 0 Å². The van der Waals surface area contributed by atoms with E-state index in [-0.39, 0.29) is 6.04 Å². The summed E-state index contributed by atoms with van der Waals surface area (Å²) in [5, 5.41) is 8.18. The van der Waals surface area contributed by atoms with Crippen LogP contribution in [0.25, 0.3) is 0 Å². The number of rotatable bonds is 4. The molecule has 0 fully saturated rings. The van der Waals surface area contributed by atoms with Crippen LogP contribution >= 0.6 is 27.5 Å². The first kappa shape index (κ1) is 14.6. The Morgan fingerprint density at radius 3 is 2.74 bits per heavy atom. The molecule has 0 aliphatic rings. The third-order valence-corrected chi connectivity index (χ3v) is 4.11. The largest absolute Gasteiger partial charge is 0.361 e. The second kappa shape index (κ2) is 6.07. The number of aryl methyl sites for hydroxylation is 2. The second-order valence-corrected chi connectivity index (χ2v) is 5.87. The molecule has 2 rings (SSSR count). The molecule has 1 unspecified atom stereocenters. The molecule has 0 saturated carbocycles. The van der Waals surface area contributed by atoms with Gasteiger partial charge in [0.05, 0.1) is 5.69 Å². The van der Waals surface area contributed by atoms with E-state index in [0.29, 0.717) is 0 Å². The van der Waals surface area contributed by atoms with Crippen LogP contribution < -0.4 is 5.32 Å². The van der Waals surface area contributed by atoms with E-state index in [1.54, 1.807) is 0 Å². The standard InChI is InChI=1S/C14H16BrClN2O/c1-8(14-9(2)18-19-10(14)3)17-7-11-4-5-12(16)6-13(11)15/h4-6,8,17H,7H2,1-3H3. The maximum atomic E-state index is 5.93. The molecule has 1 N–H and O–H groups in total. The second-order valence-electron chi connectivity index (χ2n) is 4.58. The van der Waals surface area contributed by atoms with Gasteiger partial charge in [-0.15, -0.1) is 0 Å². The fourth-order valence-corrected chi connectivity index (χ4v) is 2.96. The lowest BCUT2D eigenvalue weighted by Gasteiger charge is -2.14. The van der Waals surface area contributed by atoms with Crippen molar-refractivity contribution in [1.29, 1.82) is 0 Å². The van der Waals surface area contributed by atoms with E-state index >= 15 is 0 Å². The highest BCUT2D eigenvalue weighted by Gasteiger charge is 2.16. The molecule has 0 saturated heterocycles. The van der Waals surface area contributed by atoms with E-state index in [1.165, 1.54) is 5.56 Å². The van der Waals surface area contributed by atoms with Gasteiger partial charge in [0, 0.05) is 27.6 Å². The predicted molar refractivity (Wildman–Crippen MR) is 80.4 cm³/mol. The summed E-state index contributed by atoms with van der Waals surface area (Å²) in [6.07, 6.45) is 0. The lowest BCUT2D eigenvalue weighted by molar-refractivity contribution is 0.390. The summed E-state index contributed by atoms with van der Waals surface area (Å²) >= 11 is 9.45. The summed E-state index contributed by atoms with van der Waals surface area (Å²) in [5.74, 6) is 0.868. The lowest BCUT2D eigenvalue weighted by Crippen LogP contribution is -2.19. The van der Waals surface area contributed by atoms with Crippen LogP contribution in [0.4, 0.5) is 0 Å². The molecule has 5 heteroatoms. The van der Waals surface area contributed by atoms with Crippen LogP contribution in [0.3, 0.4) is 0 Å². The van der Waals surface area contributed by atoms with Gasteiger partial charge in [-0.3, -0.25) is 0 Å². The molecule has 3 nitrogen and oxygen atoms in total. The third-order valence-electron chi connectivity index (χ3n) is 3.14. The van der Waals surface area contributed by atoms with Crippen LogP contribution in [0, 0.1) is 13.8 Å². The molecule has 0 aliphatic carbocycles. The van der Waals surface area contributed by atoms with Crippen molar-refractivity contribution < 1.29 is 4.52 Å². The minimum Gasteiger partial charge on any atom is -0.361 e. The highest BCUT2D eigenvalue weighted by molar-refractivity contribution is 9.10. The molecule has 0 bridgehead atoms. The van der Waals surface area contributed by atoms with Crippen LogP contribution in [-0.4, -0.2) is 5.16 Å².